The zero-order chi connectivity index (χ0) is 21.2. The maximum absolute atomic E-state index is 13.0. The average Bonchev–Trinajstić information content (AvgIpc) is 3.54. The number of fused-ring (bicyclic) bond motifs is 1. The fourth-order valence-corrected chi connectivity index (χ4v) is 4.25. The molecule has 0 saturated carbocycles. The van der Waals surface area contributed by atoms with Gasteiger partial charge in [-0.1, -0.05) is 42.5 Å². The van der Waals surface area contributed by atoms with Gasteiger partial charge >= 0.3 is 0 Å². The lowest BCUT2D eigenvalue weighted by Gasteiger charge is -2.20. The molecule has 154 valence electrons. The first-order chi connectivity index (χ1) is 15.2. The predicted octanol–water partition coefficient (Wildman–Crippen LogP) is 5.04. The monoisotopic (exact) mass is 428 g/mol. The summed E-state index contributed by atoms with van der Waals surface area (Å²) in [6, 6.07) is 19.5. The van der Waals surface area contributed by atoms with Gasteiger partial charge in [-0.15, -0.1) is 11.3 Å². The van der Waals surface area contributed by atoms with E-state index in [1.807, 2.05) is 73.0 Å². The summed E-state index contributed by atoms with van der Waals surface area (Å²) in [4.78, 5) is 25.9. The second kappa shape index (κ2) is 8.20. The quantitative estimate of drug-likeness (QED) is 0.397. The van der Waals surface area contributed by atoms with Crippen LogP contribution in [0.1, 0.15) is 28.6 Å². The molecule has 5 aromatic rings. The van der Waals surface area contributed by atoms with Crippen molar-refractivity contribution in [2.24, 2.45) is 0 Å². The molecule has 6 nitrogen and oxygen atoms in total. The van der Waals surface area contributed by atoms with E-state index in [-0.39, 0.29) is 18.4 Å². The van der Waals surface area contributed by atoms with Gasteiger partial charge in [0.1, 0.15) is 5.76 Å². The van der Waals surface area contributed by atoms with E-state index in [0.717, 1.165) is 27.0 Å². The number of imidazole rings is 1. The molecule has 0 aliphatic carbocycles. The Kier molecular flexibility index (Phi) is 5.09. The van der Waals surface area contributed by atoms with Gasteiger partial charge in [0.15, 0.2) is 0 Å². The van der Waals surface area contributed by atoms with Gasteiger partial charge in [0.05, 0.1) is 40.4 Å². The lowest BCUT2D eigenvalue weighted by molar-refractivity contribution is -0.121. The van der Waals surface area contributed by atoms with Crippen LogP contribution in [0, 0.1) is 6.92 Å². The molecular formula is C24H20N4O2S. The SMILES string of the molecule is Cc1oc(-c2cccs2)nc1CC(=O)N[C@@H](c1ccccc1)c1ccc2nc[nH]c2c1. The summed E-state index contributed by atoms with van der Waals surface area (Å²) < 4.78 is 5.78. The van der Waals surface area contributed by atoms with Crippen LogP contribution in [-0.2, 0) is 11.2 Å². The van der Waals surface area contributed by atoms with E-state index in [2.05, 4.69) is 20.3 Å². The molecule has 0 saturated heterocycles. The Hall–Kier alpha value is -3.71. The average molecular weight is 429 g/mol. The van der Waals surface area contributed by atoms with Crippen LogP contribution in [0.3, 0.4) is 0 Å². The van der Waals surface area contributed by atoms with Crippen LogP contribution >= 0.6 is 11.3 Å². The summed E-state index contributed by atoms with van der Waals surface area (Å²) in [7, 11) is 0. The van der Waals surface area contributed by atoms with Gasteiger partial charge in [0.2, 0.25) is 11.8 Å². The highest BCUT2D eigenvalue weighted by atomic mass is 32.1. The van der Waals surface area contributed by atoms with Crippen LogP contribution in [0.4, 0.5) is 0 Å². The normalized spacial score (nSPS) is 12.2. The first kappa shape index (κ1) is 19.3. The number of carbonyl (C=O) groups is 1. The minimum Gasteiger partial charge on any atom is -0.440 e. The highest BCUT2D eigenvalue weighted by Crippen LogP contribution is 2.27. The summed E-state index contributed by atoms with van der Waals surface area (Å²) in [5.74, 6) is 1.10. The fraction of sp³-hybridized carbons (Fsp3) is 0.125. The number of nitrogens with zero attached hydrogens (tertiary/aromatic N) is 2. The molecule has 7 heteroatoms. The Morgan fingerprint density at radius 2 is 2.00 bits per heavy atom. The van der Waals surface area contributed by atoms with Crippen LogP contribution in [0.2, 0.25) is 0 Å². The molecule has 1 amide bonds. The van der Waals surface area contributed by atoms with Gasteiger partial charge in [-0.25, -0.2) is 9.97 Å². The second-order valence-electron chi connectivity index (χ2n) is 7.27. The van der Waals surface area contributed by atoms with Crippen LogP contribution in [0.25, 0.3) is 21.8 Å². The van der Waals surface area contributed by atoms with Crippen LogP contribution in [-0.4, -0.2) is 20.9 Å². The van der Waals surface area contributed by atoms with Crippen LogP contribution in [0.15, 0.2) is 76.8 Å². The third-order valence-corrected chi connectivity index (χ3v) is 6.03. The molecule has 0 radical (unpaired) electrons. The molecule has 1 atom stereocenters. The van der Waals surface area contributed by atoms with E-state index in [0.29, 0.717) is 17.3 Å². The van der Waals surface area contributed by atoms with E-state index in [1.54, 1.807) is 17.7 Å². The number of aromatic nitrogens is 3. The number of hydrogen-bond acceptors (Lipinski definition) is 5. The van der Waals surface area contributed by atoms with E-state index >= 15 is 0 Å². The molecule has 2 aromatic carbocycles. The number of oxazole rings is 1. The highest BCUT2D eigenvalue weighted by molar-refractivity contribution is 7.13. The molecule has 0 aliphatic heterocycles. The topological polar surface area (TPSA) is 83.8 Å². The van der Waals surface area contributed by atoms with Crippen molar-refractivity contribution < 1.29 is 9.21 Å². The summed E-state index contributed by atoms with van der Waals surface area (Å²) in [6.07, 6.45) is 1.82. The Labute approximate surface area is 183 Å². The third kappa shape index (κ3) is 4.00. The minimum atomic E-state index is -0.287. The van der Waals surface area contributed by atoms with Crippen molar-refractivity contribution >= 4 is 28.3 Å². The first-order valence-electron chi connectivity index (χ1n) is 9.95. The van der Waals surface area contributed by atoms with E-state index in [9.17, 15) is 4.79 Å². The molecule has 2 N–H and O–H groups in total. The van der Waals surface area contributed by atoms with Crippen LogP contribution in [0.5, 0.6) is 0 Å². The van der Waals surface area contributed by atoms with Crippen molar-refractivity contribution in [1.82, 2.24) is 20.3 Å². The number of H-pyrrole nitrogens is 1. The number of carbonyl (C=O) groups excluding carboxylic acids is 1. The minimum absolute atomic E-state index is 0.118. The van der Waals surface area contributed by atoms with Gasteiger partial charge in [-0.05, 0) is 41.6 Å². The number of aryl methyl sites for hydroxylation is 1. The number of rotatable bonds is 6. The summed E-state index contributed by atoms with van der Waals surface area (Å²) in [5.41, 5.74) is 4.46. The summed E-state index contributed by atoms with van der Waals surface area (Å²) in [6.45, 7) is 1.84. The lowest BCUT2D eigenvalue weighted by Crippen LogP contribution is -2.30. The Balaban J connectivity index is 1.41. The first-order valence-corrected chi connectivity index (χ1v) is 10.8. The summed E-state index contributed by atoms with van der Waals surface area (Å²) >= 11 is 1.56. The molecular weight excluding hydrogens is 408 g/mol. The highest BCUT2D eigenvalue weighted by Gasteiger charge is 2.20. The molecule has 0 spiro atoms. The van der Waals surface area contributed by atoms with E-state index in [1.165, 1.54) is 0 Å². The Bertz CT molecular complexity index is 1320. The van der Waals surface area contributed by atoms with Crippen molar-refractivity contribution in [2.45, 2.75) is 19.4 Å². The smallest absolute Gasteiger partial charge is 0.236 e. The zero-order valence-corrected chi connectivity index (χ0v) is 17.6. The van der Waals surface area contributed by atoms with Crippen LogP contribution < -0.4 is 5.32 Å². The largest absolute Gasteiger partial charge is 0.440 e. The van der Waals surface area contributed by atoms with Gasteiger partial charge < -0.3 is 14.7 Å². The molecule has 3 aromatic heterocycles. The van der Waals surface area contributed by atoms with Gasteiger partial charge in [-0.2, -0.15) is 0 Å². The van der Waals surface area contributed by atoms with Gasteiger partial charge in [-0.3, -0.25) is 4.79 Å². The molecule has 0 bridgehead atoms. The molecule has 5 rings (SSSR count). The summed E-state index contributed by atoms with van der Waals surface area (Å²) in [5, 5.41) is 5.15. The van der Waals surface area contributed by atoms with Crippen molar-refractivity contribution in [3.63, 3.8) is 0 Å². The lowest BCUT2D eigenvalue weighted by atomic mass is 9.98. The molecule has 0 fully saturated rings. The number of nitrogens with one attached hydrogen (secondary N) is 2. The number of aromatic amines is 1. The standard InChI is InChI=1S/C24H20N4O2S/c1-15-19(27-24(30-15)21-8-5-11-31-21)13-22(29)28-23(16-6-3-2-4-7-16)17-9-10-18-20(12-17)26-14-25-18/h2-12,14,23H,13H2,1H3,(H,25,26)(H,28,29)/t23-/m0/s1. The predicted molar refractivity (Wildman–Crippen MR) is 121 cm³/mol. The Morgan fingerprint density at radius 3 is 2.81 bits per heavy atom. The van der Waals surface area contributed by atoms with Crippen molar-refractivity contribution in [3.05, 3.63) is 95.0 Å². The van der Waals surface area contributed by atoms with E-state index in [4.69, 9.17) is 4.42 Å². The number of hydrogen-bond donors (Lipinski definition) is 2. The third-order valence-electron chi connectivity index (χ3n) is 5.17. The number of amides is 1. The van der Waals surface area contributed by atoms with Crippen molar-refractivity contribution in [2.75, 3.05) is 0 Å². The van der Waals surface area contributed by atoms with Gasteiger partial charge in [0, 0.05) is 0 Å². The van der Waals surface area contributed by atoms with E-state index < -0.39 is 0 Å². The zero-order valence-electron chi connectivity index (χ0n) is 16.8. The maximum Gasteiger partial charge on any atom is 0.236 e. The fourth-order valence-electron chi connectivity index (χ4n) is 3.60. The maximum atomic E-state index is 13.0. The van der Waals surface area contributed by atoms with Gasteiger partial charge in [0.25, 0.3) is 0 Å². The molecule has 31 heavy (non-hydrogen) atoms. The number of benzene rings is 2. The number of thiophene rings is 1. The molecule has 0 aliphatic rings. The molecule has 3 heterocycles. The second-order valence-corrected chi connectivity index (χ2v) is 8.21. The van der Waals surface area contributed by atoms with Crippen molar-refractivity contribution in [3.8, 4) is 10.8 Å². The Morgan fingerprint density at radius 1 is 1.13 bits per heavy atom. The van der Waals surface area contributed by atoms with Crippen molar-refractivity contribution in [1.29, 1.82) is 0 Å². The molecule has 0 unspecified atom stereocenters.